The number of hydrogen-bond acceptors (Lipinski definition) is 7. The van der Waals surface area contributed by atoms with Gasteiger partial charge in [-0.15, -0.1) is 23.4 Å². The molecule has 0 saturated carbocycles. The van der Waals surface area contributed by atoms with Crippen LogP contribution in [0.3, 0.4) is 0 Å². The number of alkyl halides is 6. The Morgan fingerprint density at radius 3 is 2.42 bits per heavy atom. The molecule has 4 aromatic rings. The van der Waals surface area contributed by atoms with Crippen molar-refractivity contribution < 1.29 is 35.8 Å². The molecule has 0 spiro atoms. The fraction of sp³-hybridized carbons (Fsp3) is 0.214. The Balaban J connectivity index is 1.18. The lowest BCUT2D eigenvalue weighted by Crippen LogP contribution is -2.62. The van der Waals surface area contributed by atoms with Crippen molar-refractivity contribution in [2.45, 2.75) is 31.3 Å². The predicted molar refractivity (Wildman–Crippen MR) is 148 cm³/mol. The average Bonchev–Trinajstić information content (AvgIpc) is 3.60. The largest absolute Gasteiger partial charge is 0.573 e. The van der Waals surface area contributed by atoms with Crippen LogP contribution in [-0.4, -0.2) is 50.2 Å². The summed E-state index contributed by atoms with van der Waals surface area (Å²) in [4.78, 5) is 5.33. The molecule has 0 bridgehead atoms. The Morgan fingerprint density at radius 1 is 1.00 bits per heavy atom. The third-order valence-corrected chi connectivity index (χ3v) is 7.78. The normalized spacial score (nSPS) is 21.3. The molecule has 1 aromatic heterocycles. The highest BCUT2D eigenvalue weighted by Crippen LogP contribution is 2.54. The van der Waals surface area contributed by atoms with E-state index in [2.05, 4.69) is 25.0 Å². The van der Waals surface area contributed by atoms with Crippen molar-refractivity contribution in [3.63, 3.8) is 0 Å². The molecule has 6 rings (SSSR count). The minimum Gasteiger partial charge on any atom is -0.406 e. The molecule has 15 heteroatoms. The lowest BCUT2D eigenvalue weighted by atomic mass is 10.0. The molecule has 2 aliphatic heterocycles. The number of ether oxygens (including phenoxy) is 2. The maximum absolute atomic E-state index is 14.3. The molecule has 0 N–H and O–H groups in total. The molecule has 2 atom stereocenters. The number of thioether (sulfide) groups is 1. The number of amidine groups is 1. The van der Waals surface area contributed by atoms with E-state index in [-0.39, 0.29) is 16.7 Å². The Hall–Kier alpha value is -4.37. The van der Waals surface area contributed by atoms with Gasteiger partial charge >= 0.3 is 12.5 Å². The summed E-state index contributed by atoms with van der Waals surface area (Å²) in [6.07, 6.45) is -7.38. The Kier molecular flexibility index (Phi) is 7.16. The van der Waals surface area contributed by atoms with E-state index in [1.807, 2.05) is 0 Å². The number of benzene rings is 3. The quantitative estimate of drug-likeness (QED) is 0.135. The number of hydrogen-bond donors (Lipinski definition) is 0. The van der Waals surface area contributed by atoms with Crippen LogP contribution in [0.4, 0.5) is 32.0 Å². The molecule has 43 heavy (non-hydrogen) atoms. The third-order valence-electron chi connectivity index (χ3n) is 6.73. The van der Waals surface area contributed by atoms with E-state index < -0.39 is 24.4 Å². The summed E-state index contributed by atoms with van der Waals surface area (Å²) in [7, 11) is 0. The average molecular weight is 619 g/mol. The molecule has 0 radical (unpaired) electrons. The van der Waals surface area contributed by atoms with Crippen molar-refractivity contribution in [2.75, 3.05) is 10.7 Å². The van der Waals surface area contributed by atoms with E-state index in [0.717, 1.165) is 16.7 Å². The van der Waals surface area contributed by atoms with E-state index in [4.69, 9.17) is 4.74 Å². The monoisotopic (exact) mass is 618 g/mol. The Morgan fingerprint density at radius 2 is 1.72 bits per heavy atom. The molecular weight excluding hydrogens is 598 g/mol. The summed E-state index contributed by atoms with van der Waals surface area (Å²) in [5.41, 5.74) is 0.210. The number of para-hydroxylation sites is 1. The van der Waals surface area contributed by atoms with Crippen molar-refractivity contribution >= 4 is 28.8 Å². The predicted octanol–water partition coefficient (Wildman–Crippen LogP) is 7.13. The van der Waals surface area contributed by atoms with Crippen LogP contribution in [0, 0.1) is 0 Å². The zero-order valence-corrected chi connectivity index (χ0v) is 22.9. The van der Waals surface area contributed by atoms with Gasteiger partial charge in [0.1, 0.15) is 12.1 Å². The molecule has 1 fully saturated rings. The zero-order valence-electron chi connectivity index (χ0n) is 22.0. The number of anilines is 1. The second-order valence-electron chi connectivity index (χ2n) is 9.53. The standard InChI is InChI=1S/C28H20F6N6O2S/c1-17-22-4-2-3-5-23(22)40-25(43-15-26(40,41-17)27(29,30)31)37-36-14-18-6-8-19(9-7-18)24-35-16-39(38-24)20-10-12-21(13-11-20)42-28(32,33)34/h2-14,16-17H,15H2,1H3/b36-14+,37-25-. The first-order chi connectivity index (χ1) is 20.4. The summed E-state index contributed by atoms with van der Waals surface area (Å²) in [6, 6.07) is 18.8. The summed E-state index contributed by atoms with van der Waals surface area (Å²) in [5, 5.41) is 12.6. The smallest absolute Gasteiger partial charge is 0.406 e. The molecule has 3 heterocycles. The van der Waals surface area contributed by atoms with Gasteiger partial charge in [0.15, 0.2) is 11.0 Å². The lowest BCUT2D eigenvalue weighted by molar-refractivity contribution is -0.279. The number of rotatable bonds is 5. The lowest BCUT2D eigenvalue weighted by Gasteiger charge is -2.45. The topological polar surface area (TPSA) is 77.1 Å². The minimum atomic E-state index is -4.78. The first-order valence-corrected chi connectivity index (χ1v) is 13.7. The van der Waals surface area contributed by atoms with Crippen LogP contribution in [0.15, 0.2) is 89.3 Å². The van der Waals surface area contributed by atoms with Gasteiger partial charge in [-0.05, 0) is 42.8 Å². The van der Waals surface area contributed by atoms with Crippen LogP contribution in [0.5, 0.6) is 5.75 Å². The number of nitrogens with zero attached hydrogens (tertiary/aromatic N) is 6. The second kappa shape index (κ2) is 10.7. The van der Waals surface area contributed by atoms with Gasteiger partial charge in [0, 0.05) is 11.1 Å². The van der Waals surface area contributed by atoms with Crippen molar-refractivity contribution in [2.24, 2.45) is 10.2 Å². The highest BCUT2D eigenvalue weighted by Gasteiger charge is 2.67. The fourth-order valence-corrected chi connectivity index (χ4v) is 5.92. The van der Waals surface area contributed by atoms with Crippen molar-refractivity contribution in [3.05, 3.63) is 90.3 Å². The second-order valence-corrected chi connectivity index (χ2v) is 10.5. The van der Waals surface area contributed by atoms with Gasteiger partial charge in [0.05, 0.1) is 29.4 Å². The molecule has 2 aliphatic rings. The number of fused-ring (bicyclic) bond motifs is 3. The molecular formula is C28H20F6N6O2S. The molecule has 0 amide bonds. The van der Waals surface area contributed by atoms with Crippen LogP contribution in [-0.2, 0) is 4.74 Å². The summed E-state index contributed by atoms with van der Waals surface area (Å²) >= 11 is 0.919. The summed E-state index contributed by atoms with van der Waals surface area (Å²) in [5.74, 6) is -0.374. The van der Waals surface area contributed by atoms with Crippen molar-refractivity contribution in [1.82, 2.24) is 14.8 Å². The van der Waals surface area contributed by atoms with Gasteiger partial charge < -0.3 is 9.47 Å². The molecule has 222 valence electrons. The van der Waals surface area contributed by atoms with Crippen molar-refractivity contribution in [1.29, 1.82) is 0 Å². The van der Waals surface area contributed by atoms with E-state index in [9.17, 15) is 26.3 Å². The van der Waals surface area contributed by atoms with Crippen LogP contribution in [0.2, 0.25) is 0 Å². The summed E-state index contributed by atoms with van der Waals surface area (Å²) in [6.45, 7) is 1.60. The first kappa shape index (κ1) is 28.7. The molecule has 3 aromatic carbocycles. The molecule has 0 aliphatic carbocycles. The van der Waals surface area contributed by atoms with E-state index in [0.29, 0.717) is 33.9 Å². The van der Waals surface area contributed by atoms with Crippen molar-refractivity contribution in [3.8, 4) is 22.8 Å². The van der Waals surface area contributed by atoms with Crippen LogP contribution < -0.4 is 9.64 Å². The maximum atomic E-state index is 14.3. The van der Waals surface area contributed by atoms with Gasteiger partial charge in [-0.3, -0.25) is 4.90 Å². The zero-order chi connectivity index (χ0) is 30.4. The highest BCUT2D eigenvalue weighted by molar-refractivity contribution is 8.14. The van der Waals surface area contributed by atoms with Gasteiger partial charge in [-0.25, -0.2) is 9.67 Å². The van der Waals surface area contributed by atoms with E-state index in [1.54, 1.807) is 55.5 Å². The molecule has 1 saturated heterocycles. The summed E-state index contributed by atoms with van der Waals surface area (Å²) < 4.78 is 91.0. The Bertz CT molecular complexity index is 1690. The van der Waals surface area contributed by atoms with Crippen LogP contribution >= 0.6 is 11.8 Å². The van der Waals surface area contributed by atoms with Crippen LogP contribution in [0.1, 0.15) is 24.2 Å². The van der Waals surface area contributed by atoms with E-state index in [1.165, 1.54) is 41.5 Å². The molecule has 8 nitrogen and oxygen atoms in total. The van der Waals surface area contributed by atoms with Crippen LogP contribution in [0.25, 0.3) is 17.1 Å². The Labute approximate surface area is 244 Å². The number of halogens is 6. The molecule has 2 unspecified atom stereocenters. The van der Waals surface area contributed by atoms with Gasteiger partial charge in [-0.2, -0.15) is 18.3 Å². The van der Waals surface area contributed by atoms with Gasteiger partial charge in [0.25, 0.3) is 5.72 Å². The van der Waals surface area contributed by atoms with Gasteiger partial charge in [0.2, 0.25) is 0 Å². The maximum Gasteiger partial charge on any atom is 0.573 e. The SMILES string of the molecule is CC1OC2(C(F)(F)F)CS/C(=N\N=C\c3ccc(-c4ncn(-c5ccc(OC(F)(F)F)cc5)n4)cc3)N2c2ccccc21. The highest BCUT2D eigenvalue weighted by atomic mass is 32.2. The number of aromatic nitrogens is 3. The third kappa shape index (κ3) is 5.57. The minimum absolute atomic E-state index is 0.0669. The van der Waals surface area contributed by atoms with E-state index >= 15 is 0 Å². The van der Waals surface area contributed by atoms with Gasteiger partial charge in [-0.1, -0.05) is 54.2 Å². The fourth-order valence-electron chi connectivity index (χ4n) is 4.75. The first-order valence-electron chi connectivity index (χ1n) is 12.7.